The molecule has 0 atom stereocenters. The van der Waals surface area contributed by atoms with Crippen molar-refractivity contribution >= 4 is 11.9 Å². The fourth-order valence-corrected chi connectivity index (χ4v) is 1.04. The minimum atomic E-state index is -1.06. The minimum absolute atomic E-state index is 0.152. The summed E-state index contributed by atoms with van der Waals surface area (Å²) in [7, 11) is 1.40. The number of aromatic nitrogens is 2. The van der Waals surface area contributed by atoms with E-state index >= 15 is 0 Å². The predicted molar refractivity (Wildman–Crippen MR) is 51.4 cm³/mol. The minimum Gasteiger partial charge on any atom is -0.480 e. The van der Waals surface area contributed by atoms with Gasteiger partial charge in [0.2, 0.25) is 0 Å². The molecule has 0 bridgehead atoms. The highest BCUT2D eigenvalue weighted by atomic mass is 16.4. The Labute approximate surface area is 86.5 Å². The van der Waals surface area contributed by atoms with Gasteiger partial charge in [-0.2, -0.15) is 5.10 Å². The van der Waals surface area contributed by atoms with Crippen LogP contribution in [0.5, 0.6) is 0 Å². The van der Waals surface area contributed by atoms with Crippen LogP contribution in [-0.4, -0.2) is 45.7 Å². The summed E-state index contributed by atoms with van der Waals surface area (Å²) in [6.07, 6.45) is 1.52. The van der Waals surface area contributed by atoms with Crippen molar-refractivity contribution in [2.24, 2.45) is 0 Å². The van der Waals surface area contributed by atoms with Gasteiger partial charge in [-0.25, -0.2) is 0 Å². The maximum atomic E-state index is 11.6. The fourth-order valence-electron chi connectivity index (χ4n) is 1.04. The topological polar surface area (TPSA) is 83.4 Å². The van der Waals surface area contributed by atoms with Crippen molar-refractivity contribution in [2.75, 3.05) is 13.6 Å². The number of aliphatic carboxylic acids is 1. The van der Waals surface area contributed by atoms with E-state index in [2.05, 4.69) is 10.2 Å². The van der Waals surface area contributed by atoms with Crippen molar-refractivity contribution in [2.45, 2.75) is 6.92 Å². The monoisotopic (exact) mass is 209 g/mol. The first kappa shape index (κ1) is 11.1. The van der Waals surface area contributed by atoms with Gasteiger partial charge in [-0.15, -0.1) is 5.10 Å². The molecule has 6 heteroatoms. The third kappa shape index (κ3) is 3.01. The third-order valence-electron chi connectivity index (χ3n) is 1.73. The summed E-state index contributed by atoms with van der Waals surface area (Å²) >= 11 is 0. The van der Waals surface area contributed by atoms with Crippen LogP contribution >= 0.6 is 0 Å². The lowest BCUT2D eigenvalue weighted by atomic mass is 10.2. The predicted octanol–water partition coefficient (Wildman–Crippen LogP) is -0.0584. The average Bonchev–Trinajstić information content (AvgIpc) is 2.15. The van der Waals surface area contributed by atoms with Gasteiger partial charge >= 0.3 is 5.97 Å². The SMILES string of the molecule is Cc1cnnc(C(=O)N(C)CC(=O)O)c1. The molecule has 0 spiro atoms. The highest BCUT2D eigenvalue weighted by molar-refractivity contribution is 5.93. The standard InChI is InChI=1S/C9H11N3O3/c1-6-3-7(11-10-4-6)9(15)12(2)5-8(13)14/h3-4H,5H2,1-2H3,(H,13,14). The number of carbonyl (C=O) groups is 2. The smallest absolute Gasteiger partial charge is 0.323 e. The van der Waals surface area contributed by atoms with E-state index in [1.54, 1.807) is 13.0 Å². The van der Waals surface area contributed by atoms with Gasteiger partial charge in [-0.1, -0.05) is 0 Å². The van der Waals surface area contributed by atoms with Gasteiger partial charge in [-0.3, -0.25) is 9.59 Å². The van der Waals surface area contributed by atoms with Crippen LogP contribution in [0.15, 0.2) is 12.3 Å². The molecule has 0 aromatic carbocycles. The number of hydrogen-bond donors (Lipinski definition) is 1. The quantitative estimate of drug-likeness (QED) is 0.754. The van der Waals surface area contributed by atoms with Crippen LogP contribution in [0, 0.1) is 6.92 Å². The molecule has 6 nitrogen and oxygen atoms in total. The Balaban J connectivity index is 2.80. The number of aryl methyl sites for hydroxylation is 1. The number of carboxylic acids is 1. The summed E-state index contributed by atoms with van der Waals surface area (Å²) in [4.78, 5) is 23.1. The molecule has 1 aromatic rings. The molecule has 0 unspecified atom stereocenters. The maximum absolute atomic E-state index is 11.6. The molecule has 0 radical (unpaired) electrons. The van der Waals surface area contributed by atoms with E-state index in [9.17, 15) is 9.59 Å². The van der Waals surface area contributed by atoms with Crippen molar-refractivity contribution in [1.82, 2.24) is 15.1 Å². The lowest BCUT2D eigenvalue weighted by Crippen LogP contribution is -2.32. The number of nitrogens with zero attached hydrogens (tertiary/aromatic N) is 3. The van der Waals surface area contributed by atoms with E-state index in [1.807, 2.05) is 0 Å². The second kappa shape index (κ2) is 4.50. The molecule has 1 aromatic heterocycles. The van der Waals surface area contributed by atoms with Gasteiger partial charge in [0.15, 0.2) is 5.69 Å². The van der Waals surface area contributed by atoms with Crippen molar-refractivity contribution in [1.29, 1.82) is 0 Å². The van der Waals surface area contributed by atoms with Crippen LogP contribution in [-0.2, 0) is 4.79 Å². The first-order valence-corrected chi connectivity index (χ1v) is 4.27. The molecule has 1 N–H and O–H groups in total. The average molecular weight is 209 g/mol. The number of amides is 1. The molecule has 0 aliphatic rings. The van der Waals surface area contributed by atoms with Gasteiger partial charge in [0, 0.05) is 7.05 Å². The molecule has 0 fully saturated rings. The van der Waals surface area contributed by atoms with Crippen molar-refractivity contribution in [3.8, 4) is 0 Å². The van der Waals surface area contributed by atoms with Gasteiger partial charge in [0.25, 0.3) is 5.91 Å². The molecule has 15 heavy (non-hydrogen) atoms. The molecule has 0 saturated heterocycles. The van der Waals surface area contributed by atoms with E-state index in [0.29, 0.717) is 0 Å². The van der Waals surface area contributed by atoms with Crippen molar-refractivity contribution in [3.05, 3.63) is 23.5 Å². The molecule has 0 aliphatic carbocycles. The molecule has 1 amide bonds. The number of carboxylic acid groups (broad SMARTS) is 1. The van der Waals surface area contributed by atoms with Crippen molar-refractivity contribution in [3.63, 3.8) is 0 Å². The Morgan fingerprint density at radius 3 is 2.73 bits per heavy atom. The molecule has 0 saturated carbocycles. The van der Waals surface area contributed by atoms with Crippen LogP contribution < -0.4 is 0 Å². The molecule has 80 valence electrons. The van der Waals surface area contributed by atoms with Gasteiger partial charge < -0.3 is 10.0 Å². The largest absolute Gasteiger partial charge is 0.480 e. The van der Waals surface area contributed by atoms with E-state index in [-0.39, 0.29) is 12.2 Å². The summed E-state index contributed by atoms with van der Waals surface area (Å²) in [5.41, 5.74) is 0.954. The lowest BCUT2D eigenvalue weighted by molar-refractivity contribution is -0.137. The van der Waals surface area contributed by atoms with E-state index < -0.39 is 11.9 Å². The van der Waals surface area contributed by atoms with Gasteiger partial charge in [-0.05, 0) is 18.6 Å². The Bertz CT molecular complexity index is 392. The molecular formula is C9H11N3O3. The number of carbonyl (C=O) groups excluding carboxylic acids is 1. The first-order valence-electron chi connectivity index (χ1n) is 4.27. The normalized spacial score (nSPS) is 9.73. The van der Waals surface area contributed by atoms with E-state index in [4.69, 9.17) is 5.11 Å². The number of likely N-dealkylation sites (N-methyl/N-ethyl adjacent to an activating group) is 1. The number of rotatable bonds is 3. The summed E-state index contributed by atoms with van der Waals surface area (Å²) in [6, 6.07) is 1.56. The lowest BCUT2D eigenvalue weighted by Gasteiger charge is -2.13. The Morgan fingerprint density at radius 1 is 1.53 bits per heavy atom. The molecular weight excluding hydrogens is 198 g/mol. The van der Waals surface area contributed by atoms with Crippen LogP contribution in [0.25, 0.3) is 0 Å². The summed E-state index contributed by atoms with van der Waals surface area (Å²) in [5, 5.41) is 15.8. The van der Waals surface area contributed by atoms with E-state index in [1.165, 1.54) is 13.2 Å². The molecule has 1 heterocycles. The van der Waals surface area contributed by atoms with Gasteiger partial charge in [0.1, 0.15) is 6.54 Å². The second-order valence-corrected chi connectivity index (χ2v) is 3.17. The zero-order chi connectivity index (χ0) is 11.4. The van der Waals surface area contributed by atoms with Crippen LogP contribution in [0.2, 0.25) is 0 Å². The number of hydrogen-bond acceptors (Lipinski definition) is 4. The zero-order valence-corrected chi connectivity index (χ0v) is 8.47. The van der Waals surface area contributed by atoms with Crippen LogP contribution in [0.4, 0.5) is 0 Å². The fraction of sp³-hybridized carbons (Fsp3) is 0.333. The molecule has 0 aliphatic heterocycles. The Morgan fingerprint density at radius 2 is 2.20 bits per heavy atom. The highest BCUT2D eigenvalue weighted by Gasteiger charge is 2.15. The highest BCUT2D eigenvalue weighted by Crippen LogP contribution is 2.01. The first-order chi connectivity index (χ1) is 7.00. The Kier molecular flexibility index (Phi) is 3.33. The van der Waals surface area contributed by atoms with Crippen molar-refractivity contribution < 1.29 is 14.7 Å². The van der Waals surface area contributed by atoms with E-state index in [0.717, 1.165) is 10.5 Å². The van der Waals surface area contributed by atoms with Crippen LogP contribution in [0.1, 0.15) is 16.1 Å². The molecule has 1 rings (SSSR count). The summed E-state index contributed by atoms with van der Waals surface area (Å²) < 4.78 is 0. The van der Waals surface area contributed by atoms with Gasteiger partial charge in [0.05, 0.1) is 6.20 Å². The Hall–Kier alpha value is -1.98. The van der Waals surface area contributed by atoms with Crippen LogP contribution in [0.3, 0.4) is 0 Å². The zero-order valence-electron chi connectivity index (χ0n) is 8.47. The maximum Gasteiger partial charge on any atom is 0.323 e. The summed E-state index contributed by atoms with van der Waals surface area (Å²) in [5.74, 6) is -1.51. The second-order valence-electron chi connectivity index (χ2n) is 3.17. The third-order valence-corrected chi connectivity index (χ3v) is 1.73. The summed E-state index contributed by atoms with van der Waals surface area (Å²) in [6.45, 7) is 1.43.